The molecule has 27 heavy (non-hydrogen) atoms. The van der Waals surface area contributed by atoms with Crippen LogP contribution in [0.25, 0.3) is 0 Å². The Hall–Kier alpha value is -2.08. The number of amides is 3. The summed E-state index contributed by atoms with van der Waals surface area (Å²) in [4.78, 5) is 31.1. The molecule has 3 fully saturated rings. The molecule has 6 heteroatoms. The topological polar surface area (TPSA) is 55.9 Å². The lowest BCUT2D eigenvalue weighted by atomic mass is 9.80. The molecular weight excluding hydrogens is 340 g/mol. The molecule has 1 aliphatic carbocycles. The lowest BCUT2D eigenvalue weighted by molar-refractivity contribution is -0.136. The van der Waals surface area contributed by atoms with Crippen LogP contribution in [0.5, 0.6) is 0 Å². The van der Waals surface area contributed by atoms with Crippen LogP contribution in [0.1, 0.15) is 43.6 Å². The van der Waals surface area contributed by atoms with Gasteiger partial charge in [0.15, 0.2) is 0 Å². The molecule has 4 rings (SSSR count). The number of likely N-dealkylation sites (tertiary alicyclic amines) is 1. The number of nitrogens with zero attached hydrogens (tertiary/aromatic N) is 3. The fourth-order valence-electron chi connectivity index (χ4n) is 4.35. The number of carbonyl (C=O) groups excluding carboxylic acids is 2. The third-order valence-electron chi connectivity index (χ3n) is 6.42. The molecule has 2 heterocycles. The molecule has 2 saturated heterocycles. The average Bonchev–Trinajstić information content (AvgIpc) is 3.07. The molecule has 1 atom stereocenters. The SMILES string of the molecule is CN1CCCC1C(=O)N1CCN(C(=O)Nc2ccc(C3CCC3)cc2)CC1. The van der Waals surface area contributed by atoms with Crippen molar-refractivity contribution in [1.82, 2.24) is 14.7 Å². The van der Waals surface area contributed by atoms with Gasteiger partial charge in [-0.2, -0.15) is 0 Å². The number of carbonyl (C=O) groups is 2. The van der Waals surface area contributed by atoms with Gasteiger partial charge in [-0.3, -0.25) is 9.69 Å². The molecule has 6 nitrogen and oxygen atoms in total. The molecule has 1 aromatic rings. The van der Waals surface area contributed by atoms with Crippen LogP contribution in [-0.4, -0.2) is 72.5 Å². The van der Waals surface area contributed by atoms with E-state index in [1.807, 2.05) is 29.0 Å². The van der Waals surface area contributed by atoms with Crippen molar-refractivity contribution in [3.05, 3.63) is 29.8 Å². The Morgan fingerprint density at radius 1 is 0.889 bits per heavy atom. The maximum atomic E-state index is 12.7. The summed E-state index contributed by atoms with van der Waals surface area (Å²) in [6.45, 7) is 3.43. The molecule has 1 saturated carbocycles. The van der Waals surface area contributed by atoms with Gasteiger partial charge in [-0.15, -0.1) is 0 Å². The van der Waals surface area contributed by atoms with E-state index in [0.29, 0.717) is 32.1 Å². The number of likely N-dealkylation sites (N-methyl/N-ethyl adjacent to an activating group) is 1. The van der Waals surface area contributed by atoms with Gasteiger partial charge in [0.2, 0.25) is 5.91 Å². The Morgan fingerprint density at radius 2 is 1.56 bits per heavy atom. The second-order valence-electron chi connectivity index (χ2n) is 8.13. The second kappa shape index (κ2) is 7.89. The van der Waals surface area contributed by atoms with Crippen LogP contribution in [-0.2, 0) is 4.79 Å². The van der Waals surface area contributed by atoms with Crippen LogP contribution in [0, 0.1) is 0 Å². The predicted octanol–water partition coefficient (Wildman–Crippen LogP) is 2.72. The number of benzene rings is 1. The third kappa shape index (κ3) is 3.95. The highest BCUT2D eigenvalue weighted by Crippen LogP contribution is 2.36. The van der Waals surface area contributed by atoms with Crippen LogP contribution in [0.15, 0.2) is 24.3 Å². The molecule has 0 aromatic heterocycles. The van der Waals surface area contributed by atoms with E-state index in [1.54, 1.807) is 0 Å². The molecule has 1 aromatic carbocycles. The Labute approximate surface area is 161 Å². The lowest BCUT2D eigenvalue weighted by Crippen LogP contribution is -2.55. The Bertz CT molecular complexity index is 678. The van der Waals surface area contributed by atoms with Gasteiger partial charge in [0.05, 0.1) is 6.04 Å². The monoisotopic (exact) mass is 370 g/mol. The fourth-order valence-corrected chi connectivity index (χ4v) is 4.35. The average molecular weight is 370 g/mol. The van der Waals surface area contributed by atoms with Gasteiger partial charge in [-0.1, -0.05) is 18.6 Å². The van der Waals surface area contributed by atoms with E-state index >= 15 is 0 Å². The number of nitrogens with one attached hydrogen (secondary N) is 1. The van der Waals surface area contributed by atoms with Gasteiger partial charge in [0, 0.05) is 31.9 Å². The van der Waals surface area contributed by atoms with E-state index in [9.17, 15) is 9.59 Å². The summed E-state index contributed by atoms with van der Waals surface area (Å²) in [6.07, 6.45) is 5.94. The molecule has 1 unspecified atom stereocenters. The van der Waals surface area contributed by atoms with Gasteiger partial charge in [-0.25, -0.2) is 4.79 Å². The first-order valence-electron chi connectivity index (χ1n) is 10.3. The van der Waals surface area contributed by atoms with Gasteiger partial charge < -0.3 is 15.1 Å². The quantitative estimate of drug-likeness (QED) is 0.890. The summed E-state index contributed by atoms with van der Waals surface area (Å²) in [5, 5.41) is 3.00. The van der Waals surface area contributed by atoms with Crippen LogP contribution in [0.4, 0.5) is 10.5 Å². The van der Waals surface area contributed by atoms with Crippen molar-refractivity contribution in [2.24, 2.45) is 0 Å². The smallest absolute Gasteiger partial charge is 0.321 e. The summed E-state index contributed by atoms with van der Waals surface area (Å²) in [7, 11) is 2.02. The molecule has 146 valence electrons. The van der Waals surface area contributed by atoms with Gasteiger partial charge in [-0.05, 0) is 62.9 Å². The van der Waals surface area contributed by atoms with E-state index in [2.05, 4.69) is 22.3 Å². The summed E-state index contributed by atoms with van der Waals surface area (Å²) in [5.41, 5.74) is 2.22. The number of anilines is 1. The van der Waals surface area contributed by atoms with Gasteiger partial charge in [0.1, 0.15) is 0 Å². The van der Waals surface area contributed by atoms with Crippen molar-refractivity contribution in [1.29, 1.82) is 0 Å². The standard InChI is InChI=1S/C21H30N4O2/c1-23-11-3-6-19(23)20(26)24-12-14-25(15-13-24)21(27)22-18-9-7-17(8-10-18)16-4-2-5-16/h7-10,16,19H,2-6,11-15H2,1H3,(H,22,27). The second-order valence-corrected chi connectivity index (χ2v) is 8.13. The molecule has 3 amide bonds. The number of rotatable bonds is 3. The van der Waals surface area contributed by atoms with Crippen LogP contribution >= 0.6 is 0 Å². The number of hydrogen-bond acceptors (Lipinski definition) is 3. The summed E-state index contributed by atoms with van der Waals surface area (Å²) in [6, 6.07) is 8.22. The Morgan fingerprint density at radius 3 is 2.11 bits per heavy atom. The van der Waals surface area contributed by atoms with E-state index in [0.717, 1.165) is 25.1 Å². The molecular formula is C21H30N4O2. The van der Waals surface area contributed by atoms with Crippen molar-refractivity contribution < 1.29 is 9.59 Å². The van der Waals surface area contributed by atoms with Crippen molar-refractivity contribution in [3.63, 3.8) is 0 Å². The van der Waals surface area contributed by atoms with Crippen LogP contribution < -0.4 is 5.32 Å². The maximum Gasteiger partial charge on any atom is 0.321 e. The highest BCUT2D eigenvalue weighted by Gasteiger charge is 2.33. The summed E-state index contributed by atoms with van der Waals surface area (Å²) >= 11 is 0. The molecule has 0 bridgehead atoms. The Balaban J connectivity index is 1.26. The molecule has 3 aliphatic rings. The Kier molecular flexibility index (Phi) is 5.34. The number of hydrogen-bond donors (Lipinski definition) is 1. The zero-order chi connectivity index (χ0) is 18.8. The van der Waals surface area contributed by atoms with Crippen molar-refractivity contribution >= 4 is 17.6 Å². The minimum Gasteiger partial charge on any atom is -0.338 e. The zero-order valence-electron chi connectivity index (χ0n) is 16.2. The molecule has 1 N–H and O–H groups in total. The van der Waals surface area contributed by atoms with Crippen molar-refractivity contribution in [2.75, 3.05) is 45.1 Å². The number of piperazine rings is 1. The fraction of sp³-hybridized carbons (Fsp3) is 0.619. The van der Waals surface area contributed by atoms with E-state index in [4.69, 9.17) is 0 Å². The van der Waals surface area contributed by atoms with Crippen LogP contribution in [0.3, 0.4) is 0 Å². The largest absolute Gasteiger partial charge is 0.338 e. The van der Waals surface area contributed by atoms with Crippen LogP contribution in [0.2, 0.25) is 0 Å². The van der Waals surface area contributed by atoms with Gasteiger partial charge >= 0.3 is 6.03 Å². The van der Waals surface area contributed by atoms with E-state index in [-0.39, 0.29) is 18.0 Å². The van der Waals surface area contributed by atoms with E-state index < -0.39 is 0 Å². The minimum absolute atomic E-state index is 0.0274. The first-order valence-corrected chi connectivity index (χ1v) is 10.3. The first kappa shape index (κ1) is 18.3. The molecule has 0 radical (unpaired) electrons. The number of urea groups is 1. The normalized spacial score (nSPS) is 24.0. The lowest BCUT2D eigenvalue weighted by Gasteiger charge is -2.36. The third-order valence-corrected chi connectivity index (χ3v) is 6.42. The van der Waals surface area contributed by atoms with E-state index in [1.165, 1.54) is 24.8 Å². The maximum absolute atomic E-state index is 12.7. The molecule has 0 spiro atoms. The van der Waals surface area contributed by atoms with Gasteiger partial charge in [0.25, 0.3) is 0 Å². The van der Waals surface area contributed by atoms with Crippen molar-refractivity contribution in [3.8, 4) is 0 Å². The molecule has 2 aliphatic heterocycles. The predicted molar refractivity (Wildman–Crippen MR) is 106 cm³/mol. The zero-order valence-corrected chi connectivity index (χ0v) is 16.2. The highest BCUT2D eigenvalue weighted by molar-refractivity contribution is 5.89. The first-order chi connectivity index (χ1) is 13.1. The van der Waals surface area contributed by atoms with Crippen molar-refractivity contribution in [2.45, 2.75) is 44.1 Å². The summed E-state index contributed by atoms with van der Waals surface area (Å²) < 4.78 is 0. The highest BCUT2D eigenvalue weighted by atomic mass is 16.2. The summed E-state index contributed by atoms with van der Waals surface area (Å²) in [5.74, 6) is 0.931. The minimum atomic E-state index is -0.0727.